The molecular weight excluding hydrogens is 423 g/mol. The minimum absolute atomic E-state index is 0.0774. The molecule has 27 heavy (non-hydrogen) atoms. The van der Waals surface area contributed by atoms with E-state index in [2.05, 4.69) is 35.7 Å². The molecule has 0 radical (unpaired) electrons. The molecule has 0 aliphatic rings. The number of nitrogens with one attached hydrogen (secondary N) is 1. The van der Waals surface area contributed by atoms with E-state index in [0.717, 1.165) is 12.0 Å². The average molecular weight is 441 g/mol. The Balaban J connectivity index is 1.80. The number of hydrogen-bond donors (Lipinski definition) is 1. The van der Waals surface area contributed by atoms with Crippen molar-refractivity contribution in [3.05, 3.63) is 63.5 Å². The van der Waals surface area contributed by atoms with E-state index in [1.54, 1.807) is 0 Å². The van der Waals surface area contributed by atoms with Crippen LogP contribution in [0, 0.1) is 5.92 Å². The first-order valence-corrected chi connectivity index (χ1v) is 11.4. The van der Waals surface area contributed by atoms with Crippen LogP contribution in [0.3, 0.4) is 0 Å². The van der Waals surface area contributed by atoms with E-state index in [1.165, 1.54) is 35.1 Å². The number of nitrogens with zero attached hydrogens (tertiary/aromatic N) is 1. The summed E-state index contributed by atoms with van der Waals surface area (Å²) < 4.78 is 27.6. The largest absolute Gasteiger partial charge is 0.265 e. The zero-order valence-corrected chi connectivity index (χ0v) is 17.9. The summed E-state index contributed by atoms with van der Waals surface area (Å²) in [6.45, 7) is 4.36. The number of halogens is 2. The third kappa shape index (κ3) is 5.02. The highest BCUT2D eigenvalue weighted by atomic mass is 35.5. The monoisotopic (exact) mass is 440 g/mol. The van der Waals surface area contributed by atoms with Crippen LogP contribution in [0.25, 0.3) is 11.3 Å². The van der Waals surface area contributed by atoms with Gasteiger partial charge in [-0.25, -0.2) is 13.4 Å². The Morgan fingerprint density at radius 3 is 2.48 bits per heavy atom. The Bertz CT molecular complexity index is 1050. The normalized spacial score (nSPS) is 11.7. The van der Waals surface area contributed by atoms with Crippen molar-refractivity contribution in [2.75, 3.05) is 4.72 Å². The van der Waals surface area contributed by atoms with Crippen molar-refractivity contribution in [3.8, 4) is 11.3 Å². The molecule has 142 valence electrons. The molecule has 2 aromatic carbocycles. The highest BCUT2D eigenvalue weighted by molar-refractivity contribution is 7.93. The Morgan fingerprint density at radius 1 is 1.11 bits per heavy atom. The Kier molecular flexibility index (Phi) is 6.11. The van der Waals surface area contributed by atoms with Crippen molar-refractivity contribution >= 4 is 49.7 Å². The molecule has 1 N–H and O–H groups in total. The predicted molar refractivity (Wildman–Crippen MR) is 113 cm³/mol. The second-order valence-electron chi connectivity index (χ2n) is 6.51. The van der Waals surface area contributed by atoms with E-state index in [-0.39, 0.29) is 15.0 Å². The molecule has 4 nitrogen and oxygen atoms in total. The third-order valence-electron chi connectivity index (χ3n) is 3.80. The molecule has 0 amide bonds. The molecule has 0 aliphatic heterocycles. The van der Waals surface area contributed by atoms with Gasteiger partial charge in [-0.1, -0.05) is 61.3 Å². The lowest BCUT2D eigenvalue weighted by Crippen LogP contribution is -2.13. The fourth-order valence-electron chi connectivity index (χ4n) is 2.59. The molecule has 8 heteroatoms. The molecule has 0 saturated carbocycles. The summed E-state index contributed by atoms with van der Waals surface area (Å²) in [6, 6.07) is 12.4. The first kappa shape index (κ1) is 20.1. The molecule has 0 bridgehead atoms. The summed E-state index contributed by atoms with van der Waals surface area (Å²) in [7, 11) is -3.87. The van der Waals surface area contributed by atoms with Crippen LogP contribution in [0.5, 0.6) is 0 Å². The molecule has 0 aliphatic carbocycles. The number of anilines is 1. The van der Waals surface area contributed by atoms with Crippen LogP contribution in [0.15, 0.2) is 52.7 Å². The molecule has 0 saturated heterocycles. The third-order valence-corrected chi connectivity index (χ3v) is 6.74. The summed E-state index contributed by atoms with van der Waals surface area (Å²) in [4.78, 5) is 4.31. The van der Waals surface area contributed by atoms with Gasteiger partial charge in [-0.2, -0.15) is 0 Å². The van der Waals surface area contributed by atoms with Crippen molar-refractivity contribution in [2.24, 2.45) is 5.92 Å². The van der Waals surface area contributed by atoms with Crippen LogP contribution in [0.2, 0.25) is 10.0 Å². The lowest BCUT2D eigenvalue weighted by atomic mass is 10.0. The van der Waals surface area contributed by atoms with Gasteiger partial charge >= 0.3 is 0 Å². The Labute approximate surface area is 173 Å². The van der Waals surface area contributed by atoms with Crippen molar-refractivity contribution in [1.29, 1.82) is 0 Å². The van der Waals surface area contributed by atoms with Crippen molar-refractivity contribution in [1.82, 2.24) is 4.98 Å². The Morgan fingerprint density at radius 2 is 1.81 bits per heavy atom. The standard InChI is InChI=1S/C19H18Cl2N2O2S2/c1-12(2)9-13-3-5-14(6-4-13)17-11-26-19(22-17)23-27(24,25)18-10-15(20)7-8-16(18)21/h3-8,10-12H,9H2,1-2H3,(H,22,23). The van der Waals surface area contributed by atoms with Gasteiger partial charge in [0.25, 0.3) is 10.0 Å². The summed E-state index contributed by atoms with van der Waals surface area (Å²) in [5, 5.41) is 2.48. The van der Waals surface area contributed by atoms with Crippen LogP contribution in [-0.4, -0.2) is 13.4 Å². The van der Waals surface area contributed by atoms with Gasteiger partial charge in [0, 0.05) is 16.0 Å². The van der Waals surface area contributed by atoms with Gasteiger partial charge in [0.05, 0.1) is 10.7 Å². The maximum Gasteiger partial charge on any atom is 0.265 e. The van der Waals surface area contributed by atoms with Crippen LogP contribution >= 0.6 is 34.5 Å². The lowest BCUT2D eigenvalue weighted by Gasteiger charge is -2.07. The van der Waals surface area contributed by atoms with Crippen LogP contribution in [0.4, 0.5) is 5.13 Å². The SMILES string of the molecule is CC(C)Cc1ccc(-c2csc(NS(=O)(=O)c3cc(Cl)ccc3Cl)n2)cc1. The van der Waals surface area contributed by atoms with E-state index in [0.29, 0.717) is 16.6 Å². The minimum Gasteiger partial charge on any atom is -0.255 e. The highest BCUT2D eigenvalue weighted by Gasteiger charge is 2.20. The Hall–Kier alpha value is -1.60. The molecule has 0 unspecified atom stereocenters. The number of sulfonamides is 1. The van der Waals surface area contributed by atoms with Gasteiger partial charge in [0.2, 0.25) is 0 Å². The van der Waals surface area contributed by atoms with Gasteiger partial charge in [-0.3, -0.25) is 4.72 Å². The molecule has 0 fully saturated rings. The van der Waals surface area contributed by atoms with Gasteiger partial charge in [0.1, 0.15) is 4.90 Å². The fourth-order valence-corrected chi connectivity index (χ4v) is 5.33. The lowest BCUT2D eigenvalue weighted by molar-refractivity contribution is 0.601. The second-order valence-corrected chi connectivity index (χ2v) is 9.87. The quantitative estimate of drug-likeness (QED) is 0.502. The van der Waals surface area contributed by atoms with E-state index in [9.17, 15) is 8.42 Å². The van der Waals surface area contributed by atoms with Crippen molar-refractivity contribution in [2.45, 2.75) is 25.2 Å². The predicted octanol–water partition coefficient (Wildman–Crippen LogP) is 6.12. The average Bonchev–Trinajstić information content (AvgIpc) is 3.05. The molecule has 1 heterocycles. The number of aromatic nitrogens is 1. The number of benzene rings is 2. The number of thiazole rings is 1. The zero-order chi connectivity index (χ0) is 19.6. The maximum absolute atomic E-state index is 12.6. The number of hydrogen-bond acceptors (Lipinski definition) is 4. The van der Waals surface area contributed by atoms with Crippen LogP contribution < -0.4 is 4.72 Å². The van der Waals surface area contributed by atoms with Crippen molar-refractivity contribution < 1.29 is 8.42 Å². The van der Waals surface area contributed by atoms with E-state index in [1.807, 2.05) is 17.5 Å². The summed E-state index contributed by atoms with van der Waals surface area (Å²) in [5.41, 5.74) is 2.91. The van der Waals surface area contributed by atoms with Crippen molar-refractivity contribution in [3.63, 3.8) is 0 Å². The van der Waals surface area contributed by atoms with E-state index >= 15 is 0 Å². The molecule has 0 spiro atoms. The first-order valence-electron chi connectivity index (χ1n) is 8.27. The molecule has 3 aromatic rings. The van der Waals surface area contributed by atoms with Crippen LogP contribution in [0.1, 0.15) is 19.4 Å². The van der Waals surface area contributed by atoms with E-state index in [4.69, 9.17) is 23.2 Å². The topological polar surface area (TPSA) is 59.1 Å². The molecule has 3 rings (SSSR count). The summed E-state index contributed by atoms with van der Waals surface area (Å²) in [6.07, 6.45) is 1.02. The van der Waals surface area contributed by atoms with Gasteiger partial charge < -0.3 is 0 Å². The molecule has 1 aromatic heterocycles. The molecule has 0 atom stereocenters. The zero-order valence-electron chi connectivity index (χ0n) is 14.7. The first-order chi connectivity index (χ1) is 12.7. The highest BCUT2D eigenvalue weighted by Crippen LogP contribution is 2.30. The maximum atomic E-state index is 12.6. The summed E-state index contributed by atoms with van der Waals surface area (Å²) in [5.74, 6) is 0.592. The van der Waals surface area contributed by atoms with E-state index < -0.39 is 10.0 Å². The molecular formula is C19H18Cl2N2O2S2. The second kappa shape index (κ2) is 8.19. The van der Waals surface area contributed by atoms with Gasteiger partial charge in [-0.15, -0.1) is 11.3 Å². The van der Waals surface area contributed by atoms with Crippen LogP contribution in [-0.2, 0) is 16.4 Å². The number of rotatable bonds is 6. The van der Waals surface area contributed by atoms with Gasteiger partial charge in [0.15, 0.2) is 5.13 Å². The minimum atomic E-state index is -3.87. The smallest absolute Gasteiger partial charge is 0.255 e. The summed E-state index contributed by atoms with van der Waals surface area (Å²) >= 11 is 13.1. The fraction of sp³-hybridized carbons (Fsp3) is 0.211. The van der Waals surface area contributed by atoms with Gasteiger partial charge in [-0.05, 0) is 36.1 Å².